The summed E-state index contributed by atoms with van der Waals surface area (Å²) >= 11 is 2.25. The van der Waals surface area contributed by atoms with E-state index in [9.17, 15) is 4.79 Å². The number of carbonyl (C=O) groups is 1. The number of aryl methyl sites for hydroxylation is 1. The quantitative estimate of drug-likeness (QED) is 0.282. The van der Waals surface area contributed by atoms with Crippen LogP contribution in [0.1, 0.15) is 15.9 Å². The first kappa shape index (κ1) is 17.3. The molecular formula is C19H18IN4O+. The number of hydrogen-bond acceptors (Lipinski definition) is 2. The second-order valence-electron chi connectivity index (χ2n) is 5.68. The molecule has 0 atom stereocenters. The highest BCUT2D eigenvalue weighted by Crippen LogP contribution is 2.11. The molecule has 0 bridgehead atoms. The summed E-state index contributed by atoms with van der Waals surface area (Å²) in [5.74, 6) is -0.162. The number of aliphatic imine (C=N–C) groups is 1. The van der Waals surface area contributed by atoms with Gasteiger partial charge in [0.2, 0.25) is 5.52 Å². The van der Waals surface area contributed by atoms with Gasteiger partial charge in [0.1, 0.15) is 12.6 Å². The molecule has 25 heavy (non-hydrogen) atoms. The molecule has 1 heterocycles. The molecule has 0 saturated carbocycles. The normalized spacial score (nSPS) is 11.5. The summed E-state index contributed by atoms with van der Waals surface area (Å²) in [6.07, 6.45) is 1.78. The number of amides is 1. The molecule has 0 saturated heterocycles. The highest BCUT2D eigenvalue weighted by atomic mass is 127. The summed E-state index contributed by atoms with van der Waals surface area (Å²) in [6, 6.07) is 17.7. The third kappa shape index (κ3) is 4.33. The molecule has 0 unspecified atom stereocenters. The third-order valence-electron chi connectivity index (χ3n) is 3.79. The van der Waals surface area contributed by atoms with Gasteiger partial charge in [-0.1, -0.05) is 24.3 Å². The fraction of sp³-hybridized carbons (Fsp3) is 0.105. The maximum Gasteiger partial charge on any atom is 0.264 e. The number of aromatic nitrogens is 1. The number of nitrogens with one attached hydrogen (secondary N) is 1. The molecular weight excluding hydrogens is 427 g/mol. The van der Waals surface area contributed by atoms with E-state index in [1.165, 1.54) is 0 Å². The van der Waals surface area contributed by atoms with E-state index in [-0.39, 0.29) is 11.9 Å². The van der Waals surface area contributed by atoms with E-state index in [1.54, 1.807) is 6.20 Å². The molecule has 0 aliphatic rings. The van der Waals surface area contributed by atoms with Gasteiger partial charge in [-0.3, -0.25) is 10.1 Å². The van der Waals surface area contributed by atoms with Crippen LogP contribution in [0.25, 0.3) is 10.9 Å². The van der Waals surface area contributed by atoms with Gasteiger partial charge in [0, 0.05) is 15.0 Å². The van der Waals surface area contributed by atoms with Crippen molar-refractivity contribution in [1.82, 2.24) is 5.32 Å². The van der Waals surface area contributed by atoms with Gasteiger partial charge in [-0.25, -0.2) is 9.56 Å². The molecule has 126 valence electrons. The van der Waals surface area contributed by atoms with E-state index >= 15 is 0 Å². The number of pyridine rings is 1. The smallest absolute Gasteiger partial charge is 0.264 e. The number of hydrogen-bond donors (Lipinski definition) is 2. The third-order valence-corrected chi connectivity index (χ3v) is 4.46. The number of nitrogens with two attached hydrogens (primary N) is 1. The Morgan fingerprint density at radius 3 is 2.80 bits per heavy atom. The summed E-state index contributed by atoms with van der Waals surface area (Å²) in [4.78, 5) is 16.7. The standard InChI is InChI=1S/C19H17IN4O/c1-24-12-15(10-14-6-2-3-8-17(14)24)18(25)23-19(21)22-11-13-5-4-7-16(20)9-13/h2-10,12H,11H2,1H3,(H2-,21,22,23,25)/p+1. The Bertz CT molecular complexity index is 969. The molecule has 5 nitrogen and oxygen atoms in total. The molecule has 0 fully saturated rings. The Kier molecular flexibility index (Phi) is 5.28. The molecule has 0 spiro atoms. The summed E-state index contributed by atoms with van der Waals surface area (Å²) in [7, 11) is 1.91. The average Bonchev–Trinajstić information content (AvgIpc) is 2.60. The first-order valence-corrected chi connectivity index (χ1v) is 8.85. The second-order valence-corrected chi connectivity index (χ2v) is 6.93. The molecule has 3 aromatic rings. The van der Waals surface area contributed by atoms with E-state index in [1.807, 2.05) is 66.2 Å². The van der Waals surface area contributed by atoms with Crippen LogP contribution in [0, 0.1) is 3.57 Å². The van der Waals surface area contributed by atoms with Crippen LogP contribution in [-0.4, -0.2) is 11.9 Å². The molecule has 1 aromatic heterocycles. The Labute approximate surface area is 159 Å². The van der Waals surface area contributed by atoms with E-state index in [0.717, 1.165) is 20.0 Å². The number of nitrogens with zero attached hydrogens (tertiary/aromatic N) is 2. The fourth-order valence-corrected chi connectivity index (χ4v) is 3.19. The lowest BCUT2D eigenvalue weighted by Crippen LogP contribution is -2.38. The van der Waals surface area contributed by atoms with Crippen molar-refractivity contribution in [1.29, 1.82) is 0 Å². The monoisotopic (exact) mass is 445 g/mol. The highest BCUT2D eigenvalue weighted by Gasteiger charge is 2.14. The molecule has 2 aromatic carbocycles. The van der Waals surface area contributed by atoms with Gasteiger partial charge < -0.3 is 5.73 Å². The molecule has 0 aliphatic carbocycles. The maximum absolute atomic E-state index is 12.4. The van der Waals surface area contributed by atoms with Crippen LogP contribution < -0.4 is 15.6 Å². The SMILES string of the molecule is C[n+]1cc(C(=O)NC(N)=NCc2cccc(I)c2)cc2ccccc21. The van der Waals surface area contributed by atoms with Crippen LogP contribution in [-0.2, 0) is 13.6 Å². The van der Waals surface area contributed by atoms with Crippen molar-refractivity contribution in [2.45, 2.75) is 6.54 Å². The fourth-order valence-electron chi connectivity index (χ4n) is 2.58. The predicted octanol–water partition coefficient (Wildman–Crippen LogP) is 2.51. The van der Waals surface area contributed by atoms with Gasteiger partial charge in [0.25, 0.3) is 5.91 Å². The van der Waals surface area contributed by atoms with Gasteiger partial charge in [-0.05, 0) is 52.4 Å². The minimum Gasteiger partial charge on any atom is -0.370 e. The Morgan fingerprint density at radius 1 is 1.20 bits per heavy atom. The minimum atomic E-state index is -0.273. The summed E-state index contributed by atoms with van der Waals surface area (Å²) < 4.78 is 3.06. The molecule has 0 radical (unpaired) electrons. The molecule has 0 aliphatic heterocycles. The van der Waals surface area contributed by atoms with Gasteiger partial charge in [-0.2, -0.15) is 0 Å². The van der Waals surface area contributed by atoms with Gasteiger partial charge in [0.15, 0.2) is 12.2 Å². The van der Waals surface area contributed by atoms with Crippen LogP contribution in [0.15, 0.2) is 65.8 Å². The van der Waals surface area contributed by atoms with Crippen LogP contribution in [0.5, 0.6) is 0 Å². The predicted molar refractivity (Wildman–Crippen MR) is 107 cm³/mol. The zero-order valence-corrected chi connectivity index (χ0v) is 15.9. The highest BCUT2D eigenvalue weighted by molar-refractivity contribution is 14.1. The van der Waals surface area contributed by atoms with Gasteiger partial charge in [-0.15, -0.1) is 0 Å². The van der Waals surface area contributed by atoms with Crippen LogP contribution in [0.3, 0.4) is 0 Å². The molecule has 6 heteroatoms. The van der Waals surface area contributed by atoms with Crippen molar-refractivity contribution in [3.63, 3.8) is 0 Å². The Hall–Kier alpha value is -2.48. The van der Waals surface area contributed by atoms with Crippen molar-refractivity contribution in [3.8, 4) is 0 Å². The second kappa shape index (κ2) is 7.60. The Morgan fingerprint density at radius 2 is 2.00 bits per heavy atom. The van der Waals surface area contributed by atoms with Gasteiger partial charge in [0.05, 0.1) is 6.54 Å². The zero-order chi connectivity index (χ0) is 17.8. The van der Waals surface area contributed by atoms with Crippen molar-refractivity contribution >= 4 is 45.4 Å². The maximum atomic E-state index is 12.4. The lowest BCUT2D eigenvalue weighted by molar-refractivity contribution is -0.645. The van der Waals surface area contributed by atoms with Crippen molar-refractivity contribution < 1.29 is 9.36 Å². The lowest BCUT2D eigenvalue weighted by atomic mass is 10.1. The topological polar surface area (TPSA) is 71.4 Å². The van der Waals surface area contributed by atoms with Crippen LogP contribution in [0.2, 0.25) is 0 Å². The number of para-hydroxylation sites is 1. The Balaban J connectivity index is 1.74. The largest absolute Gasteiger partial charge is 0.370 e. The molecule has 3 rings (SSSR count). The van der Waals surface area contributed by atoms with E-state index in [4.69, 9.17) is 5.73 Å². The summed E-state index contributed by atoms with van der Waals surface area (Å²) in [5, 5.41) is 3.64. The summed E-state index contributed by atoms with van der Waals surface area (Å²) in [6.45, 7) is 0.425. The van der Waals surface area contributed by atoms with Crippen molar-refractivity contribution in [2.24, 2.45) is 17.8 Å². The minimum absolute atomic E-state index is 0.111. The first-order valence-electron chi connectivity index (χ1n) is 7.77. The summed E-state index contributed by atoms with van der Waals surface area (Å²) in [5.41, 5.74) is 8.49. The van der Waals surface area contributed by atoms with E-state index in [2.05, 4.69) is 32.9 Å². The number of carbonyl (C=O) groups excluding carboxylic acids is 1. The molecule has 1 amide bonds. The number of guanidine groups is 1. The number of benzene rings is 2. The van der Waals surface area contributed by atoms with E-state index < -0.39 is 0 Å². The zero-order valence-electron chi connectivity index (χ0n) is 13.7. The first-order chi connectivity index (χ1) is 12.0. The average molecular weight is 445 g/mol. The molecule has 3 N–H and O–H groups in total. The van der Waals surface area contributed by atoms with E-state index in [0.29, 0.717) is 12.1 Å². The van der Waals surface area contributed by atoms with Crippen LogP contribution >= 0.6 is 22.6 Å². The van der Waals surface area contributed by atoms with Crippen molar-refractivity contribution in [2.75, 3.05) is 0 Å². The van der Waals surface area contributed by atoms with Crippen LogP contribution in [0.4, 0.5) is 0 Å². The van der Waals surface area contributed by atoms with Crippen molar-refractivity contribution in [3.05, 3.63) is 75.5 Å². The van der Waals surface area contributed by atoms with Gasteiger partial charge >= 0.3 is 0 Å². The number of halogens is 1. The lowest BCUT2D eigenvalue weighted by Gasteiger charge is -2.05. The number of fused-ring (bicyclic) bond motifs is 1. The number of rotatable bonds is 3.